The first-order valence-corrected chi connectivity index (χ1v) is 11.1. The van der Waals surface area contributed by atoms with Crippen LogP contribution in [0.15, 0.2) is 54.2 Å². The number of hydrogen-bond acceptors (Lipinski definition) is 7. The molecule has 1 unspecified atom stereocenters. The van der Waals surface area contributed by atoms with Gasteiger partial charge in [0, 0.05) is 18.5 Å². The Morgan fingerprint density at radius 3 is 2.55 bits per heavy atom. The molecule has 6 nitrogen and oxygen atoms in total. The van der Waals surface area contributed by atoms with Crippen LogP contribution in [0.2, 0.25) is 0 Å². The average Bonchev–Trinajstić information content (AvgIpc) is 3.42. The molecule has 0 saturated carbocycles. The summed E-state index contributed by atoms with van der Waals surface area (Å²) in [5.74, 6) is -3.67. The summed E-state index contributed by atoms with van der Waals surface area (Å²) in [7, 11) is 3.31. The van der Waals surface area contributed by atoms with Crippen LogP contribution < -0.4 is 5.43 Å². The minimum atomic E-state index is -3.50. The third kappa shape index (κ3) is 7.99. The van der Waals surface area contributed by atoms with Gasteiger partial charge in [0.1, 0.15) is 0 Å². The molecule has 0 fully saturated rings. The molecule has 10 heteroatoms. The van der Waals surface area contributed by atoms with Crippen LogP contribution in [0.5, 0.6) is 0 Å². The zero-order valence-corrected chi connectivity index (χ0v) is 19.6. The Morgan fingerprint density at radius 2 is 1.97 bits per heavy atom. The summed E-state index contributed by atoms with van der Waals surface area (Å²) >= 11 is 1.21. The highest BCUT2D eigenvalue weighted by atomic mass is 32.1. The summed E-state index contributed by atoms with van der Waals surface area (Å²) in [6.07, 6.45) is 1.98. The van der Waals surface area contributed by atoms with Crippen molar-refractivity contribution in [2.75, 3.05) is 33.9 Å². The number of aldehydes is 1. The first-order chi connectivity index (χ1) is 15.7. The number of nitrogens with one attached hydrogen (secondary N) is 1. The maximum atomic E-state index is 13.3. The van der Waals surface area contributed by atoms with Gasteiger partial charge in [0.25, 0.3) is 0 Å². The molecule has 180 valence electrons. The lowest BCUT2D eigenvalue weighted by Gasteiger charge is -2.22. The molecule has 2 heterocycles. The van der Waals surface area contributed by atoms with Crippen LogP contribution in [0.1, 0.15) is 33.1 Å². The van der Waals surface area contributed by atoms with Crippen LogP contribution in [-0.4, -0.2) is 62.0 Å². The predicted molar refractivity (Wildman–Crippen MR) is 122 cm³/mol. The zero-order valence-electron chi connectivity index (χ0n) is 18.8. The number of nitrogens with zero attached hydrogens (tertiary/aromatic N) is 2. The van der Waals surface area contributed by atoms with Crippen molar-refractivity contribution in [2.24, 2.45) is 0 Å². The molecule has 33 heavy (non-hydrogen) atoms. The fourth-order valence-corrected chi connectivity index (χ4v) is 3.98. The van der Waals surface area contributed by atoms with Crippen molar-refractivity contribution in [3.63, 3.8) is 0 Å². The van der Waals surface area contributed by atoms with Crippen LogP contribution in [0, 0.1) is 0 Å². The van der Waals surface area contributed by atoms with E-state index >= 15 is 0 Å². The van der Waals surface area contributed by atoms with E-state index in [0.717, 1.165) is 16.4 Å². The van der Waals surface area contributed by atoms with Crippen molar-refractivity contribution < 1.29 is 27.5 Å². The Labute approximate surface area is 195 Å². The van der Waals surface area contributed by atoms with E-state index in [-0.39, 0.29) is 5.97 Å². The Bertz CT molecular complexity index is 937. The standard InChI is InChI=1S/C12H17NO2.C11H11F3N2OS/c1-3-15-12(14)10-13(2)9-11-7-5-4-6-8-11;1-16-10(11(13,14)6-12)4-8(15-16)9-3-2-7(5-17)18-9/h4-8H,3,9-10H2,1-2H3;2-5,8,15H,6H2,1H3. The van der Waals surface area contributed by atoms with Gasteiger partial charge in [-0.15, -0.1) is 11.3 Å². The van der Waals surface area contributed by atoms with Gasteiger partial charge < -0.3 is 9.75 Å². The van der Waals surface area contributed by atoms with E-state index in [9.17, 15) is 22.8 Å². The van der Waals surface area contributed by atoms with E-state index in [0.29, 0.717) is 24.3 Å². The van der Waals surface area contributed by atoms with Gasteiger partial charge in [-0.1, -0.05) is 30.3 Å². The number of allylic oxidation sites excluding steroid dienone is 1. The van der Waals surface area contributed by atoms with Gasteiger partial charge >= 0.3 is 11.9 Å². The third-order valence-electron chi connectivity index (χ3n) is 4.63. The minimum Gasteiger partial charge on any atom is -0.465 e. The summed E-state index contributed by atoms with van der Waals surface area (Å²) in [5, 5.41) is 1.12. The van der Waals surface area contributed by atoms with E-state index in [4.69, 9.17) is 4.74 Å². The molecule has 2 aromatic rings. The summed E-state index contributed by atoms with van der Waals surface area (Å²) in [5.41, 5.74) is 3.59. The van der Waals surface area contributed by atoms with Gasteiger partial charge in [0.2, 0.25) is 0 Å². The van der Waals surface area contributed by atoms with Crippen LogP contribution in [-0.2, 0) is 16.1 Å². The first-order valence-electron chi connectivity index (χ1n) is 10.3. The second-order valence-corrected chi connectivity index (χ2v) is 8.52. The molecule has 3 rings (SSSR count). The normalized spacial score (nSPS) is 15.7. The van der Waals surface area contributed by atoms with E-state index in [1.54, 1.807) is 12.1 Å². The number of hydrogen-bond donors (Lipinski definition) is 1. The summed E-state index contributed by atoms with van der Waals surface area (Å²) in [4.78, 5) is 24.9. The SMILES string of the molecule is CCOC(=O)CN(C)Cc1ccccc1.CN1NC(c2ccc(C=O)s2)C=C1C(F)(F)CF. The summed E-state index contributed by atoms with van der Waals surface area (Å²) in [6.45, 7) is 1.62. The molecular weight excluding hydrogens is 455 g/mol. The van der Waals surface area contributed by atoms with Gasteiger partial charge in [-0.3, -0.25) is 14.5 Å². The number of carbonyl (C=O) groups excluding carboxylic acids is 2. The highest BCUT2D eigenvalue weighted by Crippen LogP contribution is 2.35. The molecule has 1 atom stereocenters. The number of rotatable bonds is 9. The van der Waals surface area contributed by atoms with Crippen molar-refractivity contribution in [3.05, 3.63) is 69.6 Å². The van der Waals surface area contributed by atoms with Crippen LogP contribution in [0.25, 0.3) is 0 Å². The molecule has 0 bridgehead atoms. The van der Waals surface area contributed by atoms with Crippen molar-refractivity contribution in [1.82, 2.24) is 15.3 Å². The smallest absolute Gasteiger partial charge is 0.320 e. The number of thiophene rings is 1. The van der Waals surface area contributed by atoms with Crippen LogP contribution >= 0.6 is 11.3 Å². The van der Waals surface area contributed by atoms with Gasteiger partial charge in [-0.25, -0.2) is 9.82 Å². The number of hydrazine groups is 1. The fourth-order valence-electron chi connectivity index (χ4n) is 3.14. The predicted octanol–water partition coefficient (Wildman–Crippen LogP) is 4.22. The van der Waals surface area contributed by atoms with Gasteiger partial charge in [0.05, 0.1) is 29.8 Å². The quantitative estimate of drug-likeness (QED) is 0.426. The molecule has 1 aromatic carbocycles. The Balaban J connectivity index is 0.000000238. The maximum absolute atomic E-state index is 13.3. The molecule has 1 aliphatic heterocycles. The molecule has 0 spiro atoms. The molecule has 0 radical (unpaired) electrons. The number of carbonyl (C=O) groups is 2. The minimum absolute atomic E-state index is 0.170. The third-order valence-corrected chi connectivity index (χ3v) is 5.72. The Hall–Kier alpha value is -2.69. The van der Waals surface area contributed by atoms with Crippen molar-refractivity contribution in [3.8, 4) is 0 Å². The Kier molecular flexibility index (Phi) is 10.1. The lowest BCUT2D eigenvalue weighted by atomic mass is 10.2. The molecule has 1 N–H and O–H groups in total. The second-order valence-electron chi connectivity index (χ2n) is 7.38. The van der Waals surface area contributed by atoms with Gasteiger partial charge in [-0.2, -0.15) is 8.78 Å². The second kappa shape index (κ2) is 12.5. The van der Waals surface area contributed by atoms with Gasteiger partial charge in [-0.05, 0) is 37.7 Å². The largest absolute Gasteiger partial charge is 0.465 e. The number of likely N-dealkylation sites (N-methyl/N-ethyl adjacent to an activating group) is 1. The lowest BCUT2D eigenvalue weighted by molar-refractivity contribution is -0.144. The van der Waals surface area contributed by atoms with Gasteiger partial charge in [0.15, 0.2) is 13.0 Å². The Morgan fingerprint density at radius 1 is 1.27 bits per heavy atom. The van der Waals surface area contributed by atoms with Crippen LogP contribution in [0.3, 0.4) is 0 Å². The average molecular weight is 484 g/mol. The van der Waals surface area contributed by atoms with Crippen molar-refractivity contribution >= 4 is 23.6 Å². The number of alkyl halides is 3. The number of benzene rings is 1. The first kappa shape index (κ1) is 26.6. The molecule has 1 aliphatic rings. The van der Waals surface area contributed by atoms with Crippen molar-refractivity contribution in [2.45, 2.75) is 25.4 Å². The maximum Gasteiger partial charge on any atom is 0.320 e. The fraction of sp³-hybridized carbons (Fsp3) is 0.391. The number of esters is 1. The van der Waals surface area contributed by atoms with E-state index in [2.05, 4.69) is 5.43 Å². The molecular formula is C23H28F3N3O3S. The lowest BCUT2D eigenvalue weighted by Crippen LogP contribution is -2.37. The molecule has 0 saturated heterocycles. The molecule has 1 aromatic heterocycles. The van der Waals surface area contributed by atoms with Crippen LogP contribution in [0.4, 0.5) is 13.2 Å². The molecule has 0 amide bonds. The number of ether oxygens (including phenoxy) is 1. The summed E-state index contributed by atoms with van der Waals surface area (Å²) in [6, 6.07) is 12.9. The van der Waals surface area contributed by atoms with E-state index < -0.39 is 24.3 Å². The highest BCUT2D eigenvalue weighted by molar-refractivity contribution is 7.13. The monoisotopic (exact) mass is 483 g/mol. The topological polar surface area (TPSA) is 61.9 Å². The highest BCUT2D eigenvalue weighted by Gasteiger charge is 2.41. The summed E-state index contributed by atoms with van der Waals surface area (Å²) < 4.78 is 43.7. The number of halogens is 3. The molecule has 0 aliphatic carbocycles. The van der Waals surface area contributed by atoms with E-state index in [1.165, 1.54) is 30.0 Å². The van der Waals surface area contributed by atoms with E-state index in [1.807, 2.05) is 49.2 Å². The van der Waals surface area contributed by atoms with Crippen molar-refractivity contribution in [1.29, 1.82) is 0 Å². The zero-order chi connectivity index (χ0) is 24.4.